The number of benzene rings is 3. The van der Waals surface area contributed by atoms with Gasteiger partial charge in [-0.2, -0.15) is 4.98 Å². The lowest BCUT2D eigenvalue weighted by Gasteiger charge is -2.19. The number of hydrogen-bond donors (Lipinski definition) is 2. The molecule has 1 heterocycles. The lowest BCUT2D eigenvalue weighted by atomic mass is 9.90. The van der Waals surface area contributed by atoms with Crippen molar-refractivity contribution in [1.82, 2.24) is 19.5 Å². The van der Waals surface area contributed by atoms with Gasteiger partial charge in [0, 0.05) is 23.2 Å². The molecule has 11 nitrogen and oxygen atoms in total. The number of rotatable bonds is 11. The largest absolute Gasteiger partial charge is 0.497 e. The summed E-state index contributed by atoms with van der Waals surface area (Å²) in [5.74, 6) is -0.698. The van der Waals surface area contributed by atoms with Crippen molar-refractivity contribution in [1.29, 1.82) is 0 Å². The average molecular weight is 572 g/mol. The van der Waals surface area contributed by atoms with Crippen LogP contribution in [0.25, 0.3) is 5.69 Å². The number of nitrogens with one attached hydrogen (secondary N) is 1. The number of amides is 1. The van der Waals surface area contributed by atoms with Crippen LogP contribution in [0.2, 0.25) is 5.02 Å². The molecule has 0 aliphatic rings. The van der Waals surface area contributed by atoms with Gasteiger partial charge in [0.2, 0.25) is 15.9 Å². The predicted octanol–water partition coefficient (Wildman–Crippen LogP) is 3.04. The van der Waals surface area contributed by atoms with Crippen LogP contribution in [-0.4, -0.2) is 50.4 Å². The molecule has 4 aromatic rings. The molecular weight excluding hydrogens is 546 g/mol. The first-order chi connectivity index (χ1) is 18.7. The molecule has 39 heavy (non-hydrogen) atoms. The smallest absolute Gasteiger partial charge is 0.335 e. The summed E-state index contributed by atoms with van der Waals surface area (Å²) in [5.41, 5.74) is 7.28. The topological polar surface area (TPSA) is 148 Å². The maximum absolute atomic E-state index is 13.7. The van der Waals surface area contributed by atoms with Crippen LogP contribution >= 0.6 is 11.6 Å². The van der Waals surface area contributed by atoms with Gasteiger partial charge < -0.3 is 19.9 Å². The summed E-state index contributed by atoms with van der Waals surface area (Å²) in [6.45, 7) is -0.0936. The van der Waals surface area contributed by atoms with E-state index in [0.717, 1.165) is 0 Å². The van der Waals surface area contributed by atoms with E-state index < -0.39 is 21.8 Å². The van der Waals surface area contributed by atoms with Gasteiger partial charge in [-0.3, -0.25) is 4.79 Å². The maximum Gasteiger partial charge on any atom is 0.335 e. The lowest BCUT2D eigenvalue weighted by molar-refractivity contribution is -0.118. The van der Waals surface area contributed by atoms with E-state index in [9.17, 15) is 13.2 Å². The number of sulfonamides is 1. The zero-order valence-electron chi connectivity index (χ0n) is 21.3. The normalized spacial score (nSPS) is 12.1. The standard InChI is InChI=1S/C26H26ClN5O6S/c1-36-18-10-8-17(22(13-18)37-2)14-30-39(34,35)23-12-16(9-11-21(23)32-15-29-26(31-32)38-3)24(25(28)33)19-6-4-5-7-20(19)27/h4-13,15,24,30H,14H2,1-3H3,(H2,28,33). The number of aromatic nitrogens is 3. The fourth-order valence-corrected chi connectivity index (χ4v) is 5.50. The van der Waals surface area contributed by atoms with Crippen molar-refractivity contribution in [2.75, 3.05) is 21.3 Å². The molecular formula is C26H26ClN5O6S. The van der Waals surface area contributed by atoms with Crippen LogP contribution in [0.1, 0.15) is 22.6 Å². The molecule has 3 N–H and O–H groups in total. The van der Waals surface area contributed by atoms with Crippen molar-refractivity contribution in [3.63, 3.8) is 0 Å². The number of hydrogen-bond acceptors (Lipinski definition) is 8. The van der Waals surface area contributed by atoms with E-state index in [4.69, 9.17) is 31.5 Å². The maximum atomic E-state index is 13.7. The highest BCUT2D eigenvalue weighted by atomic mass is 35.5. The van der Waals surface area contributed by atoms with Gasteiger partial charge in [0.05, 0.1) is 32.9 Å². The van der Waals surface area contributed by atoms with Crippen LogP contribution in [0.5, 0.6) is 17.5 Å². The Morgan fingerprint density at radius 1 is 1.05 bits per heavy atom. The first-order valence-corrected chi connectivity index (χ1v) is 13.4. The van der Waals surface area contributed by atoms with Gasteiger partial charge in [-0.25, -0.2) is 17.8 Å². The van der Waals surface area contributed by atoms with Gasteiger partial charge in [0.15, 0.2) is 0 Å². The Balaban J connectivity index is 1.81. The number of ether oxygens (including phenoxy) is 3. The third kappa shape index (κ3) is 5.98. The Kier molecular flexibility index (Phi) is 8.38. The Bertz CT molecular complexity index is 1610. The minimum atomic E-state index is -4.20. The summed E-state index contributed by atoms with van der Waals surface area (Å²) in [4.78, 5) is 16.4. The van der Waals surface area contributed by atoms with E-state index in [1.807, 2.05) is 0 Å². The van der Waals surface area contributed by atoms with Crippen LogP contribution in [0.4, 0.5) is 0 Å². The molecule has 0 aliphatic carbocycles. The van der Waals surface area contributed by atoms with Crippen LogP contribution in [0.3, 0.4) is 0 Å². The third-order valence-electron chi connectivity index (χ3n) is 5.95. The van der Waals surface area contributed by atoms with Crippen molar-refractivity contribution in [2.24, 2.45) is 5.73 Å². The fraction of sp³-hybridized carbons (Fsp3) is 0.192. The first kappa shape index (κ1) is 27.9. The number of carbonyl (C=O) groups is 1. The molecule has 0 saturated carbocycles. The average Bonchev–Trinajstić information content (AvgIpc) is 3.42. The van der Waals surface area contributed by atoms with Crippen molar-refractivity contribution < 1.29 is 27.4 Å². The molecule has 1 amide bonds. The number of halogens is 1. The third-order valence-corrected chi connectivity index (χ3v) is 7.73. The Morgan fingerprint density at radius 3 is 2.46 bits per heavy atom. The predicted molar refractivity (Wildman–Crippen MR) is 144 cm³/mol. The van der Waals surface area contributed by atoms with E-state index in [-0.39, 0.29) is 23.1 Å². The molecule has 0 radical (unpaired) electrons. The molecule has 1 atom stereocenters. The van der Waals surface area contributed by atoms with Crippen molar-refractivity contribution in [3.8, 4) is 23.2 Å². The minimum absolute atomic E-state index is 0.0458. The van der Waals surface area contributed by atoms with Crippen molar-refractivity contribution >= 4 is 27.5 Å². The molecule has 13 heteroatoms. The Hall–Kier alpha value is -4.13. The van der Waals surface area contributed by atoms with E-state index in [0.29, 0.717) is 33.2 Å². The molecule has 0 bridgehead atoms. The number of nitrogens with two attached hydrogens (primary N) is 1. The second-order valence-corrected chi connectivity index (χ2v) is 10.4. The quantitative estimate of drug-likeness (QED) is 0.279. The highest BCUT2D eigenvalue weighted by molar-refractivity contribution is 7.89. The van der Waals surface area contributed by atoms with Crippen LogP contribution in [0.15, 0.2) is 71.9 Å². The summed E-state index contributed by atoms with van der Waals surface area (Å²) in [5, 5.41) is 4.48. The molecule has 204 valence electrons. The summed E-state index contributed by atoms with van der Waals surface area (Å²) in [6, 6.07) is 16.3. The summed E-state index contributed by atoms with van der Waals surface area (Å²) < 4.78 is 47.0. The minimum Gasteiger partial charge on any atom is -0.497 e. The SMILES string of the molecule is COc1ccc(CNS(=O)(=O)c2cc(C(C(N)=O)c3ccccc3Cl)ccc2-n2cnc(OC)n2)c(OC)c1. The van der Waals surface area contributed by atoms with Crippen molar-refractivity contribution in [2.45, 2.75) is 17.4 Å². The van der Waals surface area contributed by atoms with Gasteiger partial charge in [0.1, 0.15) is 22.7 Å². The van der Waals surface area contributed by atoms with Gasteiger partial charge in [-0.05, 0) is 35.4 Å². The van der Waals surface area contributed by atoms with Crippen LogP contribution < -0.4 is 24.7 Å². The van der Waals surface area contributed by atoms with Gasteiger partial charge >= 0.3 is 6.01 Å². The highest BCUT2D eigenvalue weighted by Crippen LogP contribution is 2.33. The van der Waals surface area contributed by atoms with E-state index >= 15 is 0 Å². The van der Waals surface area contributed by atoms with Gasteiger partial charge in [-0.1, -0.05) is 41.9 Å². The van der Waals surface area contributed by atoms with E-state index in [1.54, 1.807) is 48.5 Å². The van der Waals surface area contributed by atoms with E-state index in [1.165, 1.54) is 44.5 Å². The number of nitrogens with zero attached hydrogens (tertiary/aromatic N) is 3. The molecule has 1 aromatic heterocycles. The lowest BCUT2D eigenvalue weighted by Crippen LogP contribution is -2.26. The zero-order valence-corrected chi connectivity index (χ0v) is 22.9. The molecule has 3 aromatic carbocycles. The van der Waals surface area contributed by atoms with Gasteiger partial charge in [-0.15, -0.1) is 5.10 Å². The Labute approximate surface area is 230 Å². The van der Waals surface area contributed by atoms with Crippen LogP contribution in [0, 0.1) is 0 Å². The molecule has 0 aliphatic heterocycles. The number of carbonyl (C=O) groups excluding carboxylic acids is 1. The molecule has 1 unspecified atom stereocenters. The second-order valence-electron chi connectivity index (χ2n) is 8.26. The summed E-state index contributed by atoms with van der Waals surface area (Å²) in [6.07, 6.45) is 1.32. The molecule has 4 rings (SSSR count). The molecule has 0 saturated heterocycles. The van der Waals surface area contributed by atoms with Crippen molar-refractivity contribution in [3.05, 3.63) is 88.7 Å². The second kappa shape index (κ2) is 11.7. The fourth-order valence-electron chi connectivity index (χ4n) is 4.03. The Morgan fingerprint density at radius 2 is 1.82 bits per heavy atom. The summed E-state index contributed by atoms with van der Waals surface area (Å²) in [7, 11) is 0.191. The van der Waals surface area contributed by atoms with Gasteiger partial charge in [0.25, 0.3) is 0 Å². The zero-order chi connectivity index (χ0) is 28.2. The van der Waals surface area contributed by atoms with E-state index in [2.05, 4.69) is 14.8 Å². The number of methoxy groups -OCH3 is 3. The van der Waals surface area contributed by atoms with Crippen LogP contribution in [-0.2, 0) is 21.4 Å². The molecule has 0 spiro atoms. The summed E-state index contributed by atoms with van der Waals surface area (Å²) >= 11 is 6.36. The monoisotopic (exact) mass is 571 g/mol. The number of primary amides is 1. The highest BCUT2D eigenvalue weighted by Gasteiger charge is 2.28. The molecule has 0 fully saturated rings. The first-order valence-electron chi connectivity index (χ1n) is 11.5.